The van der Waals surface area contributed by atoms with Crippen molar-refractivity contribution < 1.29 is 4.79 Å². The lowest BCUT2D eigenvalue weighted by Crippen LogP contribution is -2.24. The van der Waals surface area contributed by atoms with E-state index in [4.69, 9.17) is 5.26 Å². The van der Waals surface area contributed by atoms with E-state index in [0.29, 0.717) is 17.7 Å². The Morgan fingerprint density at radius 1 is 1.22 bits per heavy atom. The number of nitrogens with one attached hydrogen (secondary N) is 1. The van der Waals surface area contributed by atoms with Crippen molar-refractivity contribution in [3.05, 3.63) is 64.7 Å². The minimum absolute atomic E-state index is 0.147. The van der Waals surface area contributed by atoms with Crippen LogP contribution >= 0.6 is 11.3 Å². The Labute approximate surface area is 138 Å². The highest BCUT2D eigenvalue weighted by Crippen LogP contribution is 2.22. The fourth-order valence-electron chi connectivity index (χ4n) is 2.30. The first-order chi connectivity index (χ1) is 11.3. The van der Waals surface area contributed by atoms with Crippen molar-refractivity contribution in [3.63, 3.8) is 0 Å². The maximum atomic E-state index is 12.0. The predicted octanol–water partition coefficient (Wildman–Crippen LogP) is 3.53. The quantitative estimate of drug-likeness (QED) is 0.731. The highest BCUT2D eigenvalue weighted by atomic mass is 32.1. The second-order valence-electron chi connectivity index (χ2n) is 5.13. The third-order valence-electron chi connectivity index (χ3n) is 3.45. The molecule has 114 valence electrons. The summed E-state index contributed by atoms with van der Waals surface area (Å²) in [7, 11) is 0. The summed E-state index contributed by atoms with van der Waals surface area (Å²) in [6.07, 6.45) is 1.68. The van der Waals surface area contributed by atoms with Gasteiger partial charge < -0.3 is 5.32 Å². The second-order valence-corrected chi connectivity index (χ2v) is 6.24. The molecule has 4 nitrogen and oxygen atoms in total. The molecule has 0 fully saturated rings. The molecule has 23 heavy (non-hydrogen) atoms. The molecule has 0 atom stereocenters. The van der Waals surface area contributed by atoms with Gasteiger partial charge in [0.25, 0.3) is 5.91 Å². The fraction of sp³-hybridized carbons (Fsp3) is 0.167. The van der Waals surface area contributed by atoms with Crippen LogP contribution in [0.15, 0.2) is 48.5 Å². The Balaban J connectivity index is 1.51. The molecule has 2 aromatic carbocycles. The molecule has 0 saturated carbocycles. The number of benzene rings is 2. The van der Waals surface area contributed by atoms with Crippen LogP contribution < -0.4 is 5.32 Å². The molecule has 3 rings (SSSR count). The van der Waals surface area contributed by atoms with Gasteiger partial charge in [0, 0.05) is 18.5 Å². The van der Waals surface area contributed by atoms with Crippen molar-refractivity contribution in [2.75, 3.05) is 6.54 Å². The predicted molar refractivity (Wildman–Crippen MR) is 91.4 cm³/mol. The largest absolute Gasteiger partial charge is 0.352 e. The summed E-state index contributed by atoms with van der Waals surface area (Å²) in [6.45, 7) is 0.589. The SMILES string of the molecule is N#Cc1cccc(C(=O)NCCCc2nc3ccccc3s2)c1. The van der Waals surface area contributed by atoms with Gasteiger partial charge in [-0.1, -0.05) is 18.2 Å². The van der Waals surface area contributed by atoms with E-state index in [1.807, 2.05) is 24.3 Å². The van der Waals surface area contributed by atoms with Crippen LogP contribution in [0.4, 0.5) is 0 Å². The molecule has 0 radical (unpaired) electrons. The number of rotatable bonds is 5. The summed E-state index contributed by atoms with van der Waals surface area (Å²) in [6, 6.07) is 16.8. The minimum Gasteiger partial charge on any atom is -0.352 e. The molecule has 0 unspecified atom stereocenters. The van der Waals surface area contributed by atoms with Crippen LogP contribution in [0.1, 0.15) is 27.3 Å². The van der Waals surface area contributed by atoms with Gasteiger partial charge in [-0.3, -0.25) is 4.79 Å². The number of nitrogens with zero attached hydrogens (tertiary/aromatic N) is 2. The third-order valence-corrected chi connectivity index (χ3v) is 4.54. The monoisotopic (exact) mass is 321 g/mol. The van der Waals surface area contributed by atoms with E-state index in [1.165, 1.54) is 4.70 Å². The molecule has 0 spiro atoms. The van der Waals surface area contributed by atoms with E-state index in [2.05, 4.69) is 16.4 Å². The number of aromatic nitrogens is 1. The number of para-hydroxylation sites is 1. The lowest BCUT2D eigenvalue weighted by Gasteiger charge is -2.04. The highest BCUT2D eigenvalue weighted by molar-refractivity contribution is 7.18. The molecule has 0 aliphatic rings. The van der Waals surface area contributed by atoms with Crippen LogP contribution in [0.25, 0.3) is 10.2 Å². The Bertz CT molecular complexity index is 846. The van der Waals surface area contributed by atoms with Crippen molar-refractivity contribution in [1.29, 1.82) is 5.26 Å². The summed E-state index contributed by atoms with van der Waals surface area (Å²) in [5.41, 5.74) is 2.04. The fourth-order valence-corrected chi connectivity index (χ4v) is 3.31. The molecule has 0 aliphatic carbocycles. The average Bonchev–Trinajstić information content (AvgIpc) is 3.01. The number of amides is 1. The summed E-state index contributed by atoms with van der Waals surface area (Å²) in [4.78, 5) is 16.6. The number of carbonyl (C=O) groups excluding carboxylic acids is 1. The lowest BCUT2D eigenvalue weighted by molar-refractivity contribution is 0.0953. The second kappa shape index (κ2) is 7.03. The van der Waals surface area contributed by atoms with Gasteiger partial charge in [-0.25, -0.2) is 4.98 Å². The molecule has 5 heteroatoms. The zero-order valence-corrected chi connectivity index (χ0v) is 13.3. The normalized spacial score (nSPS) is 10.4. The van der Waals surface area contributed by atoms with Crippen LogP contribution in [0.5, 0.6) is 0 Å². The maximum absolute atomic E-state index is 12.0. The van der Waals surface area contributed by atoms with Crippen molar-refractivity contribution >= 4 is 27.5 Å². The van der Waals surface area contributed by atoms with Gasteiger partial charge in [0.2, 0.25) is 0 Å². The smallest absolute Gasteiger partial charge is 0.251 e. The molecular formula is C18H15N3OS. The Morgan fingerprint density at radius 2 is 2.09 bits per heavy atom. The van der Waals surface area contributed by atoms with Crippen molar-refractivity contribution in [3.8, 4) is 6.07 Å². The summed E-state index contributed by atoms with van der Waals surface area (Å²) in [5, 5.41) is 12.8. The molecule has 0 aliphatic heterocycles. The van der Waals surface area contributed by atoms with Gasteiger partial charge in [-0.2, -0.15) is 5.26 Å². The first kappa shape index (κ1) is 15.2. The number of fused-ring (bicyclic) bond motifs is 1. The number of aryl methyl sites for hydroxylation is 1. The van der Waals surface area contributed by atoms with Gasteiger partial charge in [-0.05, 0) is 36.8 Å². The van der Waals surface area contributed by atoms with Gasteiger partial charge in [0.15, 0.2) is 0 Å². The van der Waals surface area contributed by atoms with Gasteiger partial charge in [0.05, 0.1) is 26.9 Å². The molecular weight excluding hydrogens is 306 g/mol. The third kappa shape index (κ3) is 3.74. The summed E-state index contributed by atoms with van der Waals surface area (Å²) in [5.74, 6) is -0.147. The Kier molecular flexibility index (Phi) is 4.65. The molecule has 1 N–H and O–H groups in total. The van der Waals surface area contributed by atoms with E-state index in [9.17, 15) is 4.79 Å². The molecule has 3 aromatic rings. The van der Waals surface area contributed by atoms with Gasteiger partial charge in [-0.15, -0.1) is 11.3 Å². The number of carbonyl (C=O) groups is 1. The molecule has 1 heterocycles. The van der Waals surface area contributed by atoms with Crippen LogP contribution in [0, 0.1) is 11.3 Å². The number of nitriles is 1. The van der Waals surface area contributed by atoms with Crippen molar-refractivity contribution in [2.45, 2.75) is 12.8 Å². The topological polar surface area (TPSA) is 65.8 Å². The first-order valence-corrected chi connectivity index (χ1v) is 8.21. The molecule has 1 aromatic heterocycles. The zero-order chi connectivity index (χ0) is 16.1. The van der Waals surface area contributed by atoms with Crippen molar-refractivity contribution in [2.24, 2.45) is 0 Å². The van der Waals surface area contributed by atoms with Crippen molar-refractivity contribution in [1.82, 2.24) is 10.3 Å². The van der Waals surface area contributed by atoms with E-state index >= 15 is 0 Å². The first-order valence-electron chi connectivity index (χ1n) is 7.39. The van der Waals surface area contributed by atoms with E-state index in [0.717, 1.165) is 23.4 Å². The van der Waals surface area contributed by atoms with Gasteiger partial charge in [0.1, 0.15) is 0 Å². The number of thiazole rings is 1. The summed E-state index contributed by atoms with van der Waals surface area (Å²) >= 11 is 1.70. The Hall–Kier alpha value is -2.71. The van der Waals surface area contributed by atoms with Crippen LogP contribution in [-0.2, 0) is 6.42 Å². The Morgan fingerprint density at radius 3 is 2.91 bits per heavy atom. The van der Waals surface area contributed by atoms with E-state index in [1.54, 1.807) is 35.6 Å². The molecule has 0 saturated heterocycles. The van der Waals surface area contributed by atoms with Crippen LogP contribution in [0.3, 0.4) is 0 Å². The maximum Gasteiger partial charge on any atom is 0.251 e. The van der Waals surface area contributed by atoms with E-state index in [-0.39, 0.29) is 5.91 Å². The average molecular weight is 321 g/mol. The highest BCUT2D eigenvalue weighted by Gasteiger charge is 2.06. The van der Waals surface area contributed by atoms with Crippen LogP contribution in [0.2, 0.25) is 0 Å². The van der Waals surface area contributed by atoms with E-state index < -0.39 is 0 Å². The summed E-state index contributed by atoms with van der Waals surface area (Å²) < 4.78 is 1.19. The van der Waals surface area contributed by atoms with Gasteiger partial charge >= 0.3 is 0 Å². The molecule has 0 bridgehead atoms. The lowest BCUT2D eigenvalue weighted by atomic mass is 10.1. The molecule has 1 amide bonds. The standard InChI is InChI=1S/C18H15N3OS/c19-12-13-5-3-6-14(11-13)18(22)20-10-4-9-17-21-15-7-1-2-8-16(15)23-17/h1-3,5-8,11H,4,9-10H2,(H,20,22). The van der Waals surface area contributed by atoms with Crippen LogP contribution in [-0.4, -0.2) is 17.4 Å². The number of hydrogen-bond acceptors (Lipinski definition) is 4. The number of hydrogen-bond donors (Lipinski definition) is 1. The minimum atomic E-state index is -0.147. The zero-order valence-electron chi connectivity index (χ0n) is 12.5.